The molecule has 1 atom stereocenters. The highest BCUT2D eigenvalue weighted by atomic mass is 31.2. The molecule has 0 radical (unpaired) electrons. The average molecular weight is 522 g/mol. The third-order valence-corrected chi connectivity index (χ3v) is 5.90. The molecule has 0 aliphatic carbocycles. The van der Waals surface area contributed by atoms with Gasteiger partial charge in [0, 0.05) is 5.69 Å². The predicted octanol–water partition coefficient (Wildman–Crippen LogP) is 4.92. The molecule has 0 aromatic heterocycles. The van der Waals surface area contributed by atoms with E-state index < -0.39 is 38.1 Å². The summed E-state index contributed by atoms with van der Waals surface area (Å²) >= 11 is 0. The Balaban J connectivity index is 1.62. The molecule has 0 bridgehead atoms. The number of nitrogens with one attached hydrogen (secondary N) is 1. The fraction of sp³-hybridized carbons (Fsp3) is 0.240. The molecule has 0 fully saturated rings. The number of hydrogen-bond acceptors (Lipinski definition) is 4. The number of carbonyl (C=O) groups is 1. The topological polar surface area (TPSA) is 122 Å². The van der Waals surface area contributed by atoms with Crippen molar-refractivity contribution >= 4 is 19.4 Å². The molecule has 0 heterocycles. The summed E-state index contributed by atoms with van der Waals surface area (Å²) < 4.78 is 55.9. The van der Waals surface area contributed by atoms with Crippen LogP contribution in [0.2, 0.25) is 0 Å². The molecule has 0 spiro atoms. The first-order chi connectivity index (χ1) is 16.9. The number of aryl methyl sites for hydroxylation is 2. The molecule has 0 aliphatic rings. The van der Waals surface area contributed by atoms with E-state index in [1.807, 2.05) is 54.6 Å². The second kappa shape index (κ2) is 11.8. The van der Waals surface area contributed by atoms with Gasteiger partial charge in [0.25, 0.3) is 0 Å². The van der Waals surface area contributed by atoms with Crippen molar-refractivity contribution in [3.05, 3.63) is 89.5 Å². The Labute approximate surface area is 206 Å². The average Bonchev–Trinajstić information content (AvgIpc) is 2.83. The van der Waals surface area contributed by atoms with Gasteiger partial charge < -0.3 is 20.8 Å². The van der Waals surface area contributed by atoms with E-state index in [4.69, 9.17) is 15.5 Å². The number of benzene rings is 3. The molecular formula is C25H26F3N2O5P. The van der Waals surface area contributed by atoms with E-state index in [0.29, 0.717) is 12.8 Å². The van der Waals surface area contributed by atoms with Gasteiger partial charge in [-0.2, -0.15) is 13.2 Å². The van der Waals surface area contributed by atoms with Gasteiger partial charge in [0.05, 0.1) is 12.2 Å². The number of rotatable bonds is 10. The summed E-state index contributed by atoms with van der Waals surface area (Å²) in [6, 6.07) is 19.7. The van der Waals surface area contributed by atoms with E-state index in [0.717, 1.165) is 22.8 Å². The van der Waals surface area contributed by atoms with E-state index in [-0.39, 0.29) is 17.7 Å². The Bertz CT molecular complexity index is 1210. The fourth-order valence-corrected chi connectivity index (χ4v) is 3.96. The van der Waals surface area contributed by atoms with E-state index in [2.05, 4.69) is 9.84 Å². The van der Waals surface area contributed by atoms with Gasteiger partial charge in [-0.25, -0.2) is 4.57 Å². The second-order valence-corrected chi connectivity index (χ2v) is 9.41. The maximum atomic E-state index is 13.7. The number of phosphoric acid groups is 1. The first kappa shape index (κ1) is 27.6. The van der Waals surface area contributed by atoms with Gasteiger partial charge >= 0.3 is 14.0 Å². The molecule has 0 unspecified atom stereocenters. The Kier molecular flexibility index (Phi) is 9.05. The highest BCUT2D eigenvalue weighted by Crippen LogP contribution is 2.36. The predicted molar refractivity (Wildman–Crippen MR) is 130 cm³/mol. The Hall–Kier alpha value is -3.01. The monoisotopic (exact) mass is 522 g/mol. The number of nitrogens with two attached hydrogens (primary N) is 1. The van der Waals surface area contributed by atoms with Crippen molar-refractivity contribution in [2.75, 3.05) is 11.9 Å². The molecule has 11 heteroatoms. The SMILES string of the molecule is N[C@@H](COP(=O)(O)O)C(=O)Nc1ccc(CCCc2ccc(-c3ccccc3)cc2)c(C(F)(F)F)c1. The fourth-order valence-electron chi connectivity index (χ4n) is 3.60. The third-order valence-electron chi connectivity index (χ3n) is 5.41. The van der Waals surface area contributed by atoms with Gasteiger partial charge in [0.15, 0.2) is 0 Å². The van der Waals surface area contributed by atoms with Crippen molar-refractivity contribution in [2.45, 2.75) is 31.5 Å². The van der Waals surface area contributed by atoms with Crippen molar-refractivity contribution < 1.29 is 36.8 Å². The zero-order valence-electron chi connectivity index (χ0n) is 19.1. The van der Waals surface area contributed by atoms with Crippen molar-refractivity contribution in [3.63, 3.8) is 0 Å². The molecule has 7 nitrogen and oxygen atoms in total. The minimum atomic E-state index is -4.84. The van der Waals surface area contributed by atoms with Crippen molar-refractivity contribution in [3.8, 4) is 11.1 Å². The molecule has 5 N–H and O–H groups in total. The van der Waals surface area contributed by atoms with Gasteiger partial charge in [-0.1, -0.05) is 60.7 Å². The Morgan fingerprint density at radius 3 is 2.22 bits per heavy atom. The van der Waals surface area contributed by atoms with E-state index in [9.17, 15) is 22.5 Å². The molecule has 0 saturated heterocycles. The first-order valence-electron chi connectivity index (χ1n) is 11.0. The number of carbonyl (C=O) groups excluding carboxylic acids is 1. The quantitative estimate of drug-likeness (QED) is 0.281. The van der Waals surface area contributed by atoms with E-state index in [1.165, 1.54) is 12.1 Å². The summed E-state index contributed by atoms with van der Waals surface area (Å²) in [6.07, 6.45) is -3.37. The first-order valence-corrected chi connectivity index (χ1v) is 12.6. The van der Waals surface area contributed by atoms with Crippen molar-refractivity contribution in [1.29, 1.82) is 0 Å². The molecule has 3 aromatic rings. The molecule has 0 aliphatic heterocycles. The molecule has 0 saturated carbocycles. The summed E-state index contributed by atoms with van der Waals surface area (Å²) in [6.45, 7) is -0.799. The van der Waals surface area contributed by atoms with Gasteiger partial charge in [0.2, 0.25) is 5.91 Å². The number of halogens is 3. The molecule has 36 heavy (non-hydrogen) atoms. The van der Waals surface area contributed by atoms with E-state index in [1.54, 1.807) is 0 Å². The largest absolute Gasteiger partial charge is 0.469 e. The Morgan fingerprint density at radius 2 is 1.61 bits per heavy atom. The van der Waals surface area contributed by atoms with Crippen LogP contribution in [-0.2, 0) is 32.9 Å². The smallest absolute Gasteiger partial charge is 0.325 e. The summed E-state index contributed by atoms with van der Waals surface area (Å²) in [5, 5.41) is 2.22. The number of anilines is 1. The standard InChI is InChI=1S/C25H26F3N2O5P/c26-25(27,28)22-15-21(30-24(31)23(29)16-35-36(32,33)34)14-13-20(22)8-4-5-17-9-11-19(12-10-17)18-6-2-1-3-7-18/h1-3,6-7,9-15,23H,4-5,8,16,29H2,(H,30,31)(H2,32,33,34)/t23-/m0/s1. The molecule has 3 rings (SSSR count). The number of alkyl halides is 3. The van der Waals surface area contributed by atoms with Crippen LogP contribution < -0.4 is 11.1 Å². The molecule has 1 amide bonds. The third kappa shape index (κ3) is 8.29. The highest BCUT2D eigenvalue weighted by molar-refractivity contribution is 7.46. The van der Waals surface area contributed by atoms with Crippen LogP contribution in [0.5, 0.6) is 0 Å². The normalized spacial score (nSPS) is 12.8. The van der Waals surface area contributed by atoms with Crippen LogP contribution in [0.25, 0.3) is 11.1 Å². The van der Waals surface area contributed by atoms with Gasteiger partial charge in [-0.3, -0.25) is 9.32 Å². The van der Waals surface area contributed by atoms with Crippen molar-refractivity contribution in [1.82, 2.24) is 0 Å². The Morgan fingerprint density at radius 1 is 0.972 bits per heavy atom. The maximum Gasteiger partial charge on any atom is 0.469 e. The molecule has 192 valence electrons. The minimum Gasteiger partial charge on any atom is -0.325 e. The highest BCUT2D eigenvalue weighted by Gasteiger charge is 2.33. The zero-order chi connectivity index (χ0) is 26.3. The van der Waals surface area contributed by atoms with Gasteiger partial charge in [0.1, 0.15) is 6.04 Å². The van der Waals surface area contributed by atoms with Crippen LogP contribution in [0.15, 0.2) is 72.8 Å². The summed E-state index contributed by atoms with van der Waals surface area (Å²) in [4.78, 5) is 29.4. The number of hydrogen-bond donors (Lipinski definition) is 4. The lowest BCUT2D eigenvalue weighted by molar-refractivity contribution is -0.138. The second-order valence-electron chi connectivity index (χ2n) is 8.17. The summed E-state index contributed by atoms with van der Waals surface area (Å²) in [5.74, 6) is -0.941. The van der Waals surface area contributed by atoms with Crippen LogP contribution in [0.1, 0.15) is 23.1 Å². The lowest BCUT2D eigenvalue weighted by atomic mass is 9.97. The van der Waals surface area contributed by atoms with Crippen LogP contribution in [0.4, 0.5) is 18.9 Å². The number of amides is 1. The van der Waals surface area contributed by atoms with Crippen LogP contribution in [-0.4, -0.2) is 28.3 Å². The van der Waals surface area contributed by atoms with Crippen molar-refractivity contribution in [2.24, 2.45) is 5.73 Å². The van der Waals surface area contributed by atoms with Crippen LogP contribution >= 0.6 is 7.82 Å². The van der Waals surface area contributed by atoms with Gasteiger partial charge in [-0.15, -0.1) is 0 Å². The lowest BCUT2D eigenvalue weighted by Crippen LogP contribution is -2.39. The minimum absolute atomic E-state index is 0.0931. The van der Waals surface area contributed by atoms with Gasteiger partial charge in [-0.05, 0) is 53.6 Å². The lowest BCUT2D eigenvalue weighted by Gasteiger charge is -2.17. The van der Waals surface area contributed by atoms with Crippen LogP contribution in [0.3, 0.4) is 0 Å². The summed E-state index contributed by atoms with van der Waals surface area (Å²) in [7, 11) is -4.84. The molecule has 3 aromatic carbocycles. The number of phosphoric ester groups is 1. The summed E-state index contributed by atoms with van der Waals surface area (Å²) in [5.41, 5.74) is 7.72. The van der Waals surface area contributed by atoms with E-state index >= 15 is 0 Å². The zero-order valence-corrected chi connectivity index (χ0v) is 20.0. The maximum absolute atomic E-state index is 13.7. The molecular weight excluding hydrogens is 496 g/mol. The van der Waals surface area contributed by atoms with Crippen LogP contribution in [0, 0.1) is 0 Å².